The third-order valence-electron chi connectivity index (χ3n) is 1.93. The second-order valence-electron chi connectivity index (χ2n) is 4.70. The van der Waals surface area contributed by atoms with E-state index in [0.717, 1.165) is 0 Å². The van der Waals surface area contributed by atoms with E-state index in [1.54, 1.807) is 32.9 Å². The molecule has 0 unspecified atom stereocenters. The van der Waals surface area contributed by atoms with Crippen molar-refractivity contribution < 1.29 is 19.4 Å². The lowest BCUT2D eigenvalue weighted by Gasteiger charge is -2.19. The highest BCUT2D eigenvalue weighted by atomic mass is 16.7. The van der Waals surface area contributed by atoms with Gasteiger partial charge in [0.15, 0.2) is 0 Å². The van der Waals surface area contributed by atoms with Gasteiger partial charge in [-0.3, -0.25) is 0 Å². The largest absolute Gasteiger partial charge is 0.508 e. The molecule has 1 aromatic rings. The SMILES string of the molecule is CC(C)(C)OC(=O)OC[C@@H](O)c1ccccc1. The van der Waals surface area contributed by atoms with Crippen LogP contribution in [0.2, 0.25) is 0 Å². The van der Waals surface area contributed by atoms with Gasteiger partial charge in [-0.05, 0) is 26.3 Å². The fourth-order valence-corrected chi connectivity index (χ4v) is 1.20. The van der Waals surface area contributed by atoms with Crippen molar-refractivity contribution in [3.05, 3.63) is 35.9 Å². The van der Waals surface area contributed by atoms with Crippen molar-refractivity contribution in [2.45, 2.75) is 32.5 Å². The number of rotatable bonds is 3. The van der Waals surface area contributed by atoms with Gasteiger partial charge in [0.25, 0.3) is 0 Å². The van der Waals surface area contributed by atoms with Gasteiger partial charge in [-0.2, -0.15) is 0 Å². The average molecular weight is 238 g/mol. The number of aliphatic hydroxyl groups is 1. The third kappa shape index (κ3) is 5.36. The van der Waals surface area contributed by atoms with Crippen molar-refractivity contribution in [1.29, 1.82) is 0 Å². The molecule has 4 heteroatoms. The molecule has 0 spiro atoms. The topological polar surface area (TPSA) is 55.8 Å². The number of benzene rings is 1. The first kappa shape index (κ1) is 13.5. The Morgan fingerprint density at radius 1 is 1.29 bits per heavy atom. The molecule has 0 radical (unpaired) electrons. The molecule has 1 atom stereocenters. The normalized spacial score (nSPS) is 12.9. The number of aliphatic hydroxyl groups excluding tert-OH is 1. The minimum atomic E-state index is -0.830. The summed E-state index contributed by atoms with van der Waals surface area (Å²) in [5.74, 6) is 0. The third-order valence-corrected chi connectivity index (χ3v) is 1.93. The summed E-state index contributed by atoms with van der Waals surface area (Å²) in [4.78, 5) is 11.2. The van der Waals surface area contributed by atoms with E-state index in [2.05, 4.69) is 0 Å². The van der Waals surface area contributed by atoms with E-state index in [4.69, 9.17) is 9.47 Å². The van der Waals surface area contributed by atoms with Gasteiger partial charge >= 0.3 is 6.16 Å². The lowest BCUT2D eigenvalue weighted by atomic mass is 10.1. The molecule has 1 N–H and O–H groups in total. The molecule has 0 saturated heterocycles. The first-order chi connectivity index (χ1) is 7.88. The number of carbonyl (C=O) groups excluding carboxylic acids is 1. The summed E-state index contributed by atoms with van der Waals surface area (Å²) in [7, 11) is 0. The van der Waals surface area contributed by atoms with Gasteiger partial charge < -0.3 is 14.6 Å². The van der Waals surface area contributed by atoms with Crippen molar-refractivity contribution in [1.82, 2.24) is 0 Å². The highest BCUT2D eigenvalue weighted by Crippen LogP contribution is 2.14. The van der Waals surface area contributed by atoms with Crippen LogP contribution in [-0.2, 0) is 9.47 Å². The Morgan fingerprint density at radius 2 is 1.88 bits per heavy atom. The Balaban J connectivity index is 2.39. The second kappa shape index (κ2) is 5.68. The lowest BCUT2D eigenvalue weighted by Crippen LogP contribution is -2.25. The van der Waals surface area contributed by atoms with Gasteiger partial charge in [0.05, 0.1) is 0 Å². The minimum Gasteiger partial charge on any atom is -0.431 e. The van der Waals surface area contributed by atoms with Crippen LogP contribution in [0.15, 0.2) is 30.3 Å². The number of hydrogen-bond acceptors (Lipinski definition) is 4. The fourth-order valence-electron chi connectivity index (χ4n) is 1.20. The zero-order valence-electron chi connectivity index (χ0n) is 10.3. The Morgan fingerprint density at radius 3 is 2.41 bits per heavy atom. The van der Waals surface area contributed by atoms with Crippen LogP contribution < -0.4 is 0 Å². The van der Waals surface area contributed by atoms with Crippen LogP contribution in [0.4, 0.5) is 4.79 Å². The summed E-state index contributed by atoms with van der Waals surface area (Å²) in [5, 5.41) is 9.73. The van der Waals surface area contributed by atoms with E-state index in [1.165, 1.54) is 0 Å². The molecule has 0 aromatic heterocycles. The molecule has 0 aliphatic carbocycles. The van der Waals surface area contributed by atoms with Gasteiger partial charge in [0.2, 0.25) is 0 Å². The van der Waals surface area contributed by atoms with E-state index in [9.17, 15) is 9.90 Å². The number of ether oxygens (including phenoxy) is 2. The zero-order chi connectivity index (χ0) is 12.9. The van der Waals surface area contributed by atoms with E-state index in [0.29, 0.717) is 5.56 Å². The second-order valence-corrected chi connectivity index (χ2v) is 4.70. The number of carbonyl (C=O) groups is 1. The highest BCUT2D eigenvalue weighted by Gasteiger charge is 2.18. The standard InChI is InChI=1S/C13H18O4/c1-13(2,3)17-12(15)16-9-11(14)10-7-5-4-6-8-10/h4-8,11,14H,9H2,1-3H3/t11-/m1/s1. The molecule has 0 heterocycles. The molecule has 0 aliphatic heterocycles. The van der Waals surface area contributed by atoms with Crippen molar-refractivity contribution in [2.75, 3.05) is 6.61 Å². The fraction of sp³-hybridized carbons (Fsp3) is 0.462. The van der Waals surface area contributed by atoms with Crippen LogP contribution in [0, 0.1) is 0 Å². The Bertz CT molecular complexity index is 353. The van der Waals surface area contributed by atoms with E-state index < -0.39 is 17.9 Å². The first-order valence-electron chi connectivity index (χ1n) is 5.47. The molecule has 0 aliphatic rings. The lowest BCUT2D eigenvalue weighted by molar-refractivity contribution is -0.0251. The first-order valence-corrected chi connectivity index (χ1v) is 5.47. The van der Waals surface area contributed by atoms with Crippen LogP contribution in [-0.4, -0.2) is 23.5 Å². The quantitative estimate of drug-likeness (QED) is 0.822. The maximum Gasteiger partial charge on any atom is 0.508 e. The van der Waals surface area contributed by atoms with Crippen LogP contribution >= 0.6 is 0 Å². The van der Waals surface area contributed by atoms with Crippen molar-refractivity contribution >= 4 is 6.16 Å². The zero-order valence-corrected chi connectivity index (χ0v) is 10.3. The van der Waals surface area contributed by atoms with E-state index in [1.807, 2.05) is 18.2 Å². The molecule has 0 amide bonds. The molecular weight excluding hydrogens is 220 g/mol. The smallest absolute Gasteiger partial charge is 0.431 e. The van der Waals surface area contributed by atoms with Crippen LogP contribution in [0.1, 0.15) is 32.4 Å². The maximum atomic E-state index is 11.2. The van der Waals surface area contributed by atoms with Gasteiger partial charge in [0, 0.05) is 0 Å². The molecule has 94 valence electrons. The van der Waals surface area contributed by atoms with Crippen molar-refractivity contribution in [2.24, 2.45) is 0 Å². The Labute approximate surface area is 101 Å². The molecule has 0 fully saturated rings. The molecule has 0 saturated carbocycles. The predicted octanol–water partition coefficient (Wildman–Crippen LogP) is 2.67. The molecule has 1 rings (SSSR count). The van der Waals surface area contributed by atoms with Gasteiger partial charge in [-0.1, -0.05) is 30.3 Å². The van der Waals surface area contributed by atoms with Gasteiger partial charge in [0.1, 0.15) is 18.3 Å². The summed E-state index contributed by atoms with van der Waals surface area (Å²) in [6, 6.07) is 9.01. The van der Waals surface area contributed by atoms with Gasteiger partial charge in [-0.15, -0.1) is 0 Å². The monoisotopic (exact) mass is 238 g/mol. The van der Waals surface area contributed by atoms with Crippen molar-refractivity contribution in [3.8, 4) is 0 Å². The summed E-state index contributed by atoms with van der Waals surface area (Å²) in [5.41, 5.74) is 0.116. The summed E-state index contributed by atoms with van der Waals surface area (Å²) >= 11 is 0. The predicted molar refractivity (Wildman–Crippen MR) is 63.6 cm³/mol. The van der Waals surface area contributed by atoms with E-state index in [-0.39, 0.29) is 6.61 Å². The Hall–Kier alpha value is -1.55. The van der Waals surface area contributed by atoms with Crippen LogP contribution in [0.5, 0.6) is 0 Å². The summed E-state index contributed by atoms with van der Waals surface area (Å²) < 4.78 is 9.77. The molecular formula is C13H18O4. The molecule has 17 heavy (non-hydrogen) atoms. The van der Waals surface area contributed by atoms with Crippen molar-refractivity contribution in [3.63, 3.8) is 0 Å². The van der Waals surface area contributed by atoms with Crippen LogP contribution in [0.3, 0.4) is 0 Å². The molecule has 0 bridgehead atoms. The minimum absolute atomic E-state index is 0.112. The molecule has 4 nitrogen and oxygen atoms in total. The Kier molecular flexibility index (Phi) is 4.52. The number of hydrogen-bond donors (Lipinski definition) is 1. The molecule has 1 aromatic carbocycles. The average Bonchev–Trinajstić information content (AvgIpc) is 2.25. The summed E-state index contributed by atoms with van der Waals surface area (Å²) in [6.45, 7) is 5.14. The van der Waals surface area contributed by atoms with E-state index >= 15 is 0 Å². The van der Waals surface area contributed by atoms with Crippen LogP contribution in [0.25, 0.3) is 0 Å². The summed E-state index contributed by atoms with van der Waals surface area (Å²) in [6.07, 6.45) is -1.60. The highest BCUT2D eigenvalue weighted by molar-refractivity contribution is 5.60. The van der Waals surface area contributed by atoms with Gasteiger partial charge in [-0.25, -0.2) is 4.79 Å². The maximum absolute atomic E-state index is 11.2.